The number of carboxylic acids is 1. The summed E-state index contributed by atoms with van der Waals surface area (Å²) >= 11 is 0. The van der Waals surface area contributed by atoms with Crippen molar-refractivity contribution in [2.45, 2.75) is 64.7 Å². The zero-order valence-corrected chi connectivity index (χ0v) is 19.5. The molecule has 0 amide bonds. The summed E-state index contributed by atoms with van der Waals surface area (Å²) in [7, 11) is 0. The van der Waals surface area contributed by atoms with Crippen LogP contribution in [0.15, 0.2) is 42.0 Å². The molecule has 1 aromatic carbocycles. The summed E-state index contributed by atoms with van der Waals surface area (Å²) in [5.41, 5.74) is 3.98. The molecule has 1 aliphatic heterocycles. The minimum Gasteiger partial charge on any atom is -0.494 e. The molecule has 32 heavy (non-hydrogen) atoms. The fraction of sp³-hybridized carbons (Fsp3) is 0.607. The third-order valence-electron chi connectivity index (χ3n) is 7.66. The molecule has 174 valence electrons. The maximum Gasteiger partial charge on any atom is 0.303 e. The van der Waals surface area contributed by atoms with Gasteiger partial charge >= 0.3 is 5.97 Å². The van der Waals surface area contributed by atoms with E-state index < -0.39 is 5.97 Å². The topological polar surface area (TPSA) is 58.6 Å². The zero-order chi connectivity index (χ0) is 22.3. The van der Waals surface area contributed by atoms with Crippen molar-refractivity contribution in [2.75, 3.05) is 19.7 Å². The minimum atomic E-state index is -0.693. The van der Waals surface area contributed by atoms with Crippen LogP contribution in [-0.4, -0.2) is 30.8 Å². The van der Waals surface area contributed by atoms with Gasteiger partial charge in [0.25, 0.3) is 0 Å². The normalized spacial score (nSPS) is 24.5. The Kier molecular flexibility index (Phi) is 8.07. The first kappa shape index (κ1) is 23.1. The van der Waals surface area contributed by atoms with Crippen molar-refractivity contribution in [3.8, 4) is 5.75 Å². The van der Waals surface area contributed by atoms with Crippen LogP contribution < -0.4 is 10.1 Å². The van der Waals surface area contributed by atoms with Gasteiger partial charge in [0, 0.05) is 0 Å². The number of carbonyl (C=O) groups is 1. The summed E-state index contributed by atoms with van der Waals surface area (Å²) in [5, 5.41) is 13.0. The summed E-state index contributed by atoms with van der Waals surface area (Å²) in [6.45, 7) is 5.33. The number of benzene rings is 1. The Morgan fingerprint density at radius 2 is 2.06 bits per heavy atom. The van der Waals surface area contributed by atoms with Crippen molar-refractivity contribution in [3.05, 3.63) is 53.1 Å². The van der Waals surface area contributed by atoms with Crippen LogP contribution in [0, 0.1) is 23.7 Å². The maximum atomic E-state index is 11.6. The van der Waals surface area contributed by atoms with E-state index in [0.717, 1.165) is 63.5 Å². The molecule has 1 saturated heterocycles. The van der Waals surface area contributed by atoms with Crippen LogP contribution in [0.1, 0.15) is 63.0 Å². The average Bonchev–Trinajstić information content (AvgIpc) is 2.81. The van der Waals surface area contributed by atoms with E-state index in [-0.39, 0.29) is 12.3 Å². The highest BCUT2D eigenvalue weighted by atomic mass is 16.5. The minimum absolute atomic E-state index is 0.107. The molecule has 1 fully saturated rings. The van der Waals surface area contributed by atoms with Crippen LogP contribution in [0.2, 0.25) is 0 Å². The predicted molar refractivity (Wildman–Crippen MR) is 129 cm³/mol. The summed E-state index contributed by atoms with van der Waals surface area (Å²) in [4.78, 5) is 11.6. The monoisotopic (exact) mass is 437 g/mol. The lowest BCUT2D eigenvalue weighted by atomic mass is 9.72. The number of ether oxygens (including phenoxy) is 1. The van der Waals surface area contributed by atoms with Crippen molar-refractivity contribution < 1.29 is 14.6 Å². The molecular formula is C28H39NO3. The molecule has 1 heterocycles. The Morgan fingerprint density at radius 3 is 2.81 bits per heavy atom. The number of nitrogens with one attached hydrogen (secondary N) is 1. The van der Waals surface area contributed by atoms with E-state index in [1.807, 2.05) is 0 Å². The van der Waals surface area contributed by atoms with E-state index in [1.54, 1.807) is 0 Å². The smallest absolute Gasteiger partial charge is 0.303 e. The third kappa shape index (κ3) is 6.25. The van der Waals surface area contributed by atoms with Crippen LogP contribution in [0.3, 0.4) is 0 Å². The van der Waals surface area contributed by atoms with Gasteiger partial charge in [0.05, 0.1) is 13.0 Å². The number of hydrogen-bond acceptors (Lipinski definition) is 3. The molecule has 4 nitrogen and oxygen atoms in total. The molecule has 1 aromatic rings. The number of rotatable bonds is 9. The Morgan fingerprint density at radius 1 is 1.22 bits per heavy atom. The van der Waals surface area contributed by atoms with Crippen molar-refractivity contribution in [2.24, 2.45) is 23.7 Å². The van der Waals surface area contributed by atoms with Gasteiger partial charge in [-0.1, -0.05) is 31.2 Å². The van der Waals surface area contributed by atoms with Crippen LogP contribution in [0.5, 0.6) is 5.75 Å². The van der Waals surface area contributed by atoms with Crippen molar-refractivity contribution >= 4 is 5.97 Å². The first-order valence-electron chi connectivity index (χ1n) is 12.6. The quantitative estimate of drug-likeness (QED) is 0.496. The van der Waals surface area contributed by atoms with Crippen LogP contribution >= 0.6 is 0 Å². The number of aliphatic carboxylic acids is 1. The first-order valence-corrected chi connectivity index (χ1v) is 12.6. The number of aryl methyl sites for hydroxylation is 1. The van der Waals surface area contributed by atoms with Gasteiger partial charge in [-0.3, -0.25) is 4.79 Å². The number of carboxylic acid groups (broad SMARTS) is 1. The van der Waals surface area contributed by atoms with Crippen molar-refractivity contribution in [1.82, 2.24) is 5.32 Å². The second kappa shape index (κ2) is 11.2. The molecule has 4 heteroatoms. The molecule has 4 rings (SSSR count). The SMILES string of the molecule is CC1C=CC(C(CC(=O)O)C2CCc3cc(OCCCC4CCNCC4)ccc3C2)=CC1. The van der Waals surface area contributed by atoms with E-state index in [2.05, 4.69) is 48.7 Å². The number of fused-ring (bicyclic) bond motifs is 1. The van der Waals surface area contributed by atoms with Crippen molar-refractivity contribution in [1.29, 1.82) is 0 Å². The Hall–Kier alpha value is -2.07. The second-order valence-electron chi connectivity index (χ2n) is 10.1. The fourth-order valence-electron chi connectivity index (χ4n) is 5.69. The van der Waals surface area contributed by atoms with Gasteiger partial charge in [-0.05, 0) is 117 Å². The molecule has 0 spiro atoms. The van der Waals surface area contributed by atoms with Crippen LogP contribution in [0.25, 0.3) is 0 Å². The summed E-state index contributed by atoms with van der Waals surface area (Å²) in [6.07, 6.45) is 15.9. The van der Waals surface area contributed by atoms with E-state index >= 15 is 0 Å². The zero-order valence-electron chi connectivity index (χ0n) is 19.5. The summed E-state index contributed by atoms with van der Waals surface area (Å²) in [5.74, 6) is 2.20. The van der Waals surface area contributed by atoms with Gasteiger partial charge in [0.2, 0.25) is 0 Å². The van der Waals surface area contributed by atoms with Crippen LogP contribution in [0.4, 0.5) is 0 Å². The van der Waals surface area contributed by atoms with E-state index in [1.165, 1.54) is 36.0 Å². The van der Waals surface area contributed by atoms with E-state index in [0.29, 0.717) is 11.8 Å². The molecule has 3 atom stereocenters. The van der Waals surface area contributed by atoms with Gasteiger partial charge in [-0.2, -0.15) is 0 Å². The molecule has 0 radical (unpaired) electrons. The summed E-state index contributed by atoms with van der Waals surface area (Å²) < 4.78 is 6.08. The summed E-state index contributed by atoms with van der Waals surface area (Å²) in [6, 6.07) is 6.55. The number of piperidine rings is 1. The molecule has 2 N–H and O–H groups in total. The fourth-order valence-corrected chi connectivity index (χ4v) is 5.69. The predicted octanol–water partition coefficient (Wildman–Crippen LogP) is 5.56. The van der Waals surface area contributed by atoms with Crippen LogP contribution in [-0.2, 0) is 17.6 Å². The molecule has 0 saturated carbocycles. The first-order chi connectivity index (χ1) is 15.6. The van der Waals surface area contributed by atoms with Gasteiger partial charge in [-0.15, -0.1) is 0 Å². The number of allylic oxidation sites excluding steroid dienone is 4. The Bertz CT molecular complexity index is 837. The van der Waals surface area contributed by atoms with E-state index in [9.17, 15) is 9.90 Å². The molecule has 2 aliphatic carbocycles. The molecular weight excluding hydrogens is 398 g/mol. The lowest BCUT2D eigenvalue weighted by molar-refractivity contribution is -0.138. The lowest BCUT2D eigenvalue weighted by Gasteiger charge is -2.33. The highest BCUT2D eigenvalue weighted by Crippen LogP contribution is 2.38. The van der Waals surface area contributed by atoms with Gasteiger partial charge in [0.15, 0.2) is 0 Å². The van der Waals surface area contributed by atoms with Gasteiger partial charge < -0.3 is 15.2 Å². The molecule has 0 aromatic heterocycles. The second-order valence-corrected chi connectivity index (χ2v) is 10.1. The van der Waals surface area contributed by atoms with Crippen molar-refractivity contribution in [3.63, 3.8) is 0 Å². The van der Waals surface area contributed by atoms with Gasteiger partial charge in [-0.25, -0.2) is 0 Å². The standard InChI is InChI=1S/C28H39NO3/c1-20-4-6-22(7-5-20)27(19-28(30)31)25-9-8-24-18-26(11-10-23(24)17-25)32-16-2-3-21-12-14-29-15-13-21/h4,6-7,10-11,18,20-21,25,27,29H,2-3,5,8-9,12-17,19H2,1H3,(H,30,31). The maximum absolute atomic E-state index is 11.6. The Labute approximate surface area is 193 Å². The van der Waals surface area contributed by atoms with E-state index in [4.69, 9.17) is 4.74 Å². The number of hydrogen-bond donors (Lipinski definition) is 2. The largest absolute Gasteiger partial charge is 0.494 e. The van der Waals surface area contributed by atoms with Gasteiger partial charge in [0.1, 0.15) is 5.75 Å². The highest BCUT2D eigenvalue weighted by Gasteiger charge is 2.30. The lowest BCUT2D eigenvalue weighted by Crippen LogP contribution is -2.27. The molecule has 0 bridgehead atoms. The highest BCUT2D eigenvalue weighted by molar-refractivity contribution is 5.68. The average molecular weight is 438 g/mol. The molecule has 3 unspecified atom stereocenters. The Balaban J connectivity index is 1.32. The molecule has 3 aliphatic rings. The third-order valence-corrected chi connectivity index (χ3v) is 7.66.